The van der Waals surface area contributed by atoms with Crippen LogP contribution in [0.2, 0.25) is 0 Å². The molecule has 0 saturated heterocycles. The molecular weight excluding hydrogens is 93.1 g/mol. The zero-order valence-corrected chi connectivity index (χ0v) is 6.33. The molecule has 0 bridgehead atoms. The van der Waals surface area contributed by atoms with E-state index in [0.29, 0.717) is 6.54 Å². The Labute approximate surface area is 61.5 Å². The molecule has 0 saturated carbocycles. The van der Waals surface area contributed by atoms with E-state index < -0.39 is 0 Å². The first-order valence-corrected chi connectivity index (χ1v) is 1.86. The Morgan fingerprint density at radius 1 is 1.80 bits per heavy atom. The maximum absolute atomic E-state index is 4.95. The summed E-state index contributed by atoms with van der Waals surface area (Å²) >= 11 is 3.80. The molecule has 3 heteroatoms. The summed E-state index contributed by atoms with van der Waals surface area (Å²) < 4.78 is 0. The van der Waals surface area contributed by atoms with Crippen molar-refractivity contribution >= 4 is 12.6 Å². The van der Waals surface area contributed by atoms with Crippen molar-refractivity contribution in [1.29, 1.82) is 0 Å². The van der Waals surface area contributed by atoms with Crippen LogP contribution in [0, 0.1) is 0 Å². The van der Waals surface area contributed by atoms with Crippen molar-refractivity contribution in [1.82, 2.24) is 0 Å². The van der Waals surface area contributed by atoms with Gasteiger partial charge in [0.25, 0.3) is 0 Å². The van der Waals surface area contributed by atoms with E-state index in [0.717, 1.165) is 5.75 Å². The largest absolute Gasteiger partial charge is 1.00 e. The summed E-state index contributed by atoms with van der Waals surface area (Å²) in [5, 5.41) is 0. The molecule has 0 unspecified atom stereocenters. The molecule has 2 N–H and O–H groups in total. The molecule has 0 radical (unpaired) electrons. The minimum Gasteiger partial charge on any atom is -1.00 e. The molecule has 0 spiro atoms. The van der Waals surface area contributed by atoms with E-state index in [1.807, 2.05) is 0 Å². The summed E-state index contributed by atoms with van der Waals surface area (Å²) in [6.45, 7) is 0.684. The van der Waals surface area contributed by atoms with Gasteiger partial charge >= 0.3 is 29.6 Å². The first-order chi connectivity index (χ1) is 1.91. The maximum atomic E-state index is 4.95. The van der Waals surface area contributed by atoms with Crippen LogP contribution >= 0.6 is 12.6 Å². The summed E-state index contributed by atoms with van der Waals surface area (Å²) in [7, 11) is 0. The van der Waals surface area contributed by atoms with Crippen LogP contribution < -0.4 is 35.3 Å². The van der Waals surface area contributed by atoms with Gasteiger partial charge in [-0.25, -0.2) is 0 Å². The van der Waals surface area contributed by atoms with Crippen molar-refractivity contribution < 1.29 is 31.0 Å². The van der Waals surface area contributed by atoms with Gasteiger partial charge in [-0.15, -0.1) is 0 Å². The molecule has 0 heterocycles. The third-order valence-corrected chi connectivity index (χ3v) is 0.387. The molecule has 0 aromatic carbocycles. The van der Waals surface area contributed by atoms with E-state index in [1.165, 1.54) is 0 Å². The van der Waals surface area contributed by atoms with Gasteiger partial charge in [0.1, 0.15) is 0 Å². The van der Waals surface area contributed by atoms with E-state index in [2.05, 4.69) is 12.6 Å². The predicted octanol–water partition coefficient (Wildman–Crippen LogP) is -3.01. The van der Waals surface area contributed by atoms with Gasteiger partial charge < -0.3 is 7.16 Å². The fraction of sp³-hybridized carbons (Fsp3) is 1.00. The molecule has 1 nitrogen and oxygen atoms in total. The van der Waals surface area contributed by atoms with Crippen molar-refractivity contribution in [2.45, 2.75) is 0 Å². The summed E-state index contributed by atoms with van der Waals surface area (Å²) in [4.78, 5) is 0. The van der Waals surface area contributed by atoms with Crippen molar-refractivity contribution in [2.24, 2.45) is 5.73 Å². The van der Waals surface area contributed by atoms with E-state index >= 15 is 0 Å². The minimum absolute atomic E-state index is 0. The summed E-state index contributed by atoms with van der Waals surface area (Å²) in [6.07, 6.45) is 0. The Hall–Kier alpha value is 1.31. The molecule has 0 atom stereocenters. The Bertz CT molecular complexity index is 15.5. The van der Waals surface area contributed by atoms with Crippen molar-refractivity contribution in [3.63, 3.8) is 0 Å². The Morgan fingerprint density at radius 3 is 2.00 bits per heavy atom. The fourth-order valence-electron chi connectivity index (χ4n) is 0. The Kier molecular flexibility index (Phi) is 17.2. The van der Waals surface area contributed by atoms with Crippen LogP contribution in [0.3, 0.4) is 0 Å². The second-order valence-corrected chi connectivity index (χ2v) is 0.959. The number of hydrogen-bond donors (Lipinski definition) is 2. The van der Waals surface area contributed by atoms with Crippen LogP contribution in [-0.4, -0.2) is 12.3 Å². The van der Waals surface area contributed by atoms with Crippen LogP contribution in [0.25, 0.3) is 0 Å². The van der Waals surface area contributed by atoms with Crippen LogP contribution in [0.5, 0.6) is 0 Å². The van der Waals surface area contributed by atoms with Crippen molar-refractivity contribution in [3.8, 4) is 0 Å². The van der Waals surface area contributed by atoms with Crippen molar-refractivity contribution in [2.75, 3.05) is 12.3 Å². The molecule has 0 aromatic heterocycles. The SMILES string of the molecule is NCCS.[H-].[Na+]. The molecule has 0 aliphatic rings. The number of hydrogen-bond acceptors (Lipinski definition) is 2. The topological polar surface area (TPSA) is 26.0 Å². The predicted molar refractivity (Wildman–Crippen MR) is 24.0 cm³/mol. The molecule has 0 aliphatic heterocycles. The Morgan fingerprint density at radius 2 is 2.00 bits per heavy atom. The molecule has 0 aliphatic carbocycles. The normalized spacial score (nSPS) is 6.00. The third kappa shape index (κ3) is 10.9. The zero-order chi connectivity index (χ0) is 3.41. The number of thiol groups is 1. The van der Waals surface area contributed by atoms with Gasteiger partial charge in [-0.3, -0.25) is 0 Å². The van der Waals surface area contributed by atoms with Gasteiger partial charge in [0.2, 0.25) is 0 Å². The first kappa shape index (κ1) is 9.58. The van der Waals surface area contributed by atoms with Gasteiger partial charge in [0.05, 0.1) is 0 Å². The van der Waals surface area contributed by atoms with Crippen LogP contribution in [0.1, 0.15) is 1.43 Å². The fourth-order valence-corrected chi connectivity index (χ4v) is 0. The molecule has 5 heavy (non-hydrogen) atoms. The molecule has 0 fully saturated rings. The monoisotopic (exact) mass is 101 g/mol. The molecule has 28 valence electrons. The van der Waals surface area contributed by atoms with E-state index in [4.69, 9.17) is 5.73 Å². The zero-order valence-electron chi connectivity index (χ0n) is 4.44. The average Bonchev–Trinajstić information content (AvgIpc) is 1.37. The maximum Gasteiger partial charge on any atom is 1.00 e. The standard InChI is InChI=1S/C2H7NS.Na.H/c3-1-2-4;;/h4H,1-3H2;;/q;+1;-1. The molecule has 0 aromatic rings. The van der Waals surface area contributed by atoms with Crippen LogP contribution in [-0.2, 0) is 0 Å². The van der Waals surface area contributed by atoms with Gasteiger partial charge in [0.15, 0.2) is 0 Å². The second-order valence-electron chi connectivity index (χ2n) is 0.512. The smallest absolute Gasteiger partial charge is 1.00 e. The molecular formula is C2H8NNaS. The van der Waals surface area contributed by atoms with Crippen molar-refractivity contribution in [3.05, 3.63) is 0 Å². The van der Waals surface area contributed by atoms with E-state index in [-0.39, 0.29) is 31.0 Å². The number of nitrogens with two attached hydrogens (primary N) is 1. The van der Waals surface area contributed by atoms with Gasteiger partial charge in [-0.1, -0.05) is 0 Å². The van der Waals surface area contributed by atoms with Crippen LogP contribution in [0.4, 0.5) is 0 Å². The van der Waals surface area contributed by atoms with E-state index in [9.17, 15) is 0 Å². The molecule has 0 amide bonds. The number of rotatable bonds is 1. The third-order valence-electron chi connectivity index (χ3n) is 0.129. The minimum atomic E-state index is 0. The van der Waals surface area contributed by atoms with Gasteiger partial charge in [-0.05, 0) is 0 Å². The van der Waals surface area contributed by atoms with Gasteiger partial charge in [-0.2, -0.15) is 12.6 Å². The summed E-state index contributed by atoms with van der Waals surface area (Å²) in [5.74, 6) is 0.792. The van der Waals surface area contributed by atoms with Gasteiger partial charge in [0, 0.05) is 12.3 Å². The summed E-state index contributed by atoms with van der Waals surface area (Å²) in [5.41, 5.74) is 4.95. The van der Waals surface area contributed by atoms with Crippen LogP contribution in [0.15, 0.2) is 0 Å². The average molecular weight is 101 g/mol. The Balaban J connectivity index is -0.0000000450. The summed E-state index contributed by atoms with van der Waals surface area (Å²) in [6, 6.07) is 0. The van der Waals surface area contributed by atoms with E-state index in [1.54, 1.807) is 0 Å². The quantitative estimate of drug-likeness (QED) is 0.267. The molecule has 0 rings (SSSR count). The second kappa shape index (κ2) is 9.00. The first-order valence-electron chi connectivity index (χ1n) is 1.22.